The summed E-state index contributed by atoms with van der Waals surface area (Å²) >= 11 is 0. The molecule has 0 atom stereocenters. The second-order valence-electron chi connectivity index (χ2n) is 5.92. The van der Waals surface area contributed by atoms with E-state index < -0.39 is 0 Å². The van der Waals surface area contributed by atoms with Crippen LogP contribution in [0.4, 0.5) is 11.4 Å². The van der Waals surface area contributed by atoms with Gasteiger partial charge in [0.2, 0.25) is 11.8 Å². The Morgan fingerprint density at radius 1 is 1.23 bits per heavy atom. The number of carbonyl (C=O) groups excluding carboxylic acids is 2. The number of carbonyl (C=O) groups is 2. The second-order valence-corrected chi connectivity index (χ2v) is 5.92. The molecule has 0 aliphatic carbocycles. The molecular weight excluding hydrogens is 276 g/mol. The van der Waals surface area contributed by atoms with Crippen molar-refractivity contribution in [3.8, 4) is 0 Å². The van der Waals surface area contributed by atoms with E-state index in [0.29, 0.717) is 13.0 Å². The van der Waals surface area contributed by atoms with E-state index in [0.717, 1.165) is 42.6 Å². The highest BCUT2D eigenvalue weighted by molar-refractivity contribution is 6.02. The number of rotatable bonds is 7. The first-order valence-corrected chi connectivity index (χ1v) is 8.34. The summed E-state index contributed by atoms with van der Waals surface area (Å²) in [6.45, 7) is 6.88. The number of hydrogen-bond donors (Lipinski definition) is 1. The Labute approximate surface area is 132 Å². The minimum atomic E-state index is 0.0806. The van der Waals surface area contributed by atoms with Gasteiger partial charge in [-0.3, -0.25) is 9.59 Å². The zero-order valence-corrected chi connectivity index (χ0v) is 13.8. The molecular formula is C18H26N2O2. The molecule has 0 spiro atoms. The van der Waals surface area contributed by atoms with Crippen LogP contribution in [0, 0.1) is 5.92 Å². The minimum absolute atomic E-state index is 0.0806. The highest BCUT2D eigenvalue weighted by Crippen LogP contribution is 2.31. The van der Waals surface area contributed by atoms with Crippen LogP contribution in [0.25, 0.3) is 0 Å². The Morgan fingerprint density at radius 2 is 1.91 bits per heavy atom. The summed E-state index contributed by atoms with van der Waals surface area (Å²) in [5, 5.41) is 3.02. The summed E-state index contributed by atoms with van der Waals surface area (Å²) in [5.74, 6) is 0.313. The van der Waals surface area contributed by atoms with Gasteiger partial charge in [0.15, 0.2) is 0 Å². The van der Waals surface area contributed by atoms with Crippen LogP contribution in [-0.4, -0.2) is 18.4 Å². The lowest BCUT2D eigenvalue weighted by atomic mass is 9.97. The fourth-order valence-corrected chi connectivity index (χ4v) is 3.16. The predicted molar refractivity (Wildman–Crippen MR) is 90.1 cm³/mol. The first kappa shape index (κ1) is 16.5. The van der Waals surface area contributed by atoms with Crippen LogP contribution in [0.3, 0.4) is 0 Å². The van der Waals surface area contributed by atoms with E-state index in [9.17, 15) is 9.59 Å². The van der Waals surface area contributed by atoms with Crippen molar-refractivity contribution in [2.24, 2.45) is 5.92 Å². The summed E-state index contributed by atoms with van der Waals surface area (Å²) in [7, 11) is 0. The molecule has 0 unspecified atom stereocenters. The molecule has 0 bridgehead atoms. The molecule has 0 radical (unpaired) electrons. The quantitative estimate of drug-likeness (QED) is 0.834. The molecule has 4 heteroatoms. The molecule has 120 valence electrons. The number of likely N-dealkylation sites (N-methyl/N-ethyl adjacent to an activating group) is 1. The Bertz CT molecular complexity index is 548. The van der Waals surface area contributed by atoms with Crippen LogP contribution >= 0.6 is 0 Å². The van der Waals surface area contributed by atoms with E-state index >= 15 is 0 Å². The maximum absolute atomic E-state index is 12.4. The molecule has 1 aliphatic heterocycles. The van der Waals surface area contributed by atoms with Gasteiger partial charge in [-0.25, -0.2) is 0 Å². The van der Waals surface area contributed by atoms with Crippen molar-refractivity contribution in [1.82, 2.24) is 0 Å². The van der Waals surface area contributed by atoms with Gasteiger partial charge < -0.3 is 10.2 Å². The van der Waals surface area contributed by atoms with Gasteiger partial charge in [0.1, 0.15) is 0 Å². The smallest absolute Gasteiger partial charge is 0.231 e. The van der Waals surface area contributed by atoms with Crippen molar-refractivity contribution in [3.63, 3.8) is 0 Å². The van der Waals surface area contributed by atoms with Gasteiger partial charge in [-0.15, -0.1) is 0 Å². The van der Waals surface area contributed by atoms with Crippen molar-refractivity contribution in [2.45, 2.75) is 52.9 Å². The number of nitrogens with zero attached hydrogens (tertiary/aromatic N) is 1. The van der Waals surface area contributed by atoms with Gasteiger partial charge >= 0.3 is 0 Å². The summed E-state index contributed by atoms with van der Waals surface area (Å²) in [6, 6.07) is 5.77. The second kappa shape index (κ2) is 7.43. The van der Waals surface area contributed by atoms with E-state index in [1.54, 1.807) is 4.90 Å². The Balaban J connectivity index is 2.10. The SMILES string of the molecule is CCCC(CCC)C(=O)Nc1ccc2c(c1)CC(=O)N2CC. The third kappa shape index (κ3) is 3.49. The van der Waals surface area contributed by atoms with Crippen LogP contribution in [0.1, 0.15) is 52.0 Å². The lowest BCUT2D eigenvalue weighted by molar-refractivity contribution is -0.120. The average molecular weight is 302 g/mol. The van der Waals surface area contributed by atoms with Gasteiger partial charge in [0, 0.05) is 23.8 Å². The lowest BCUT2D eigenvalue weighted by Crippen LogP contribution is -2.25. The van der Waals surface area contributed by atoms with E-state index in [1.807, 2.05) is 25.1 Å². The van der Waals surface area contributed by atoms with Crippen LogP contribution in [0.2, 0.25) is 0 Å². The van der Waals surface area contributed by atoms with Gasteiger partial charge in [-0.05, 0) is 43.5 Å². The molecule has 0 saturated heterocycles. The van der Waals surface area contributed by atoms with Crippen molar-refractivity contribution in [1.29, 1.82) is 0 Å². The lowest BCUT2D eigenvalue weighted by Gasteiger charge is -2.17. The zero-order valence-electron chi connectivity index (χ0n) is 13.8. The number of benzene rings is 1. The summed E-state index contributed by atoms with van der Waals surface area (Å²) in [6.07, 6.45) is 4.31. The van der Waals surface area contributed by atoms with Gasteiger partial charge in [-0.1, -0.05) is 26.7 Å². The standard InChI is InChI=1S/C18H26N2O2/c1-4-7-13(8-5-2)18(22)19-15-9-10-16-14(11-15)12-17(21)20(16)6-3/h9-11,13H,4-8,12H2,1-3H3,(H,19,22). The first-order chi connectivity index (χ1) is 10.6. The molecule has 1 aromatic carbocycles. The zero-order chi connectivity index (χ0) is 16.1. The molecule has 0 fully saturated rings. The van der Waals surface area contributed by atoms with E-state index in [1.165, 1.54) is 0 Å². The van der Waals surface area contributed by atoms with Crippen molar-refractivity contribution in [2.75, 3.05) is 16.8 Å². The molecule has 2 rings (SSSR count). The summed E-state index contributed by atoms with van der Waals surface area (Å²) < 4.78 is 0. The average Bonchev–Trinajstić information content (AvgIpc) is 2.81. The summed E-state index contributed by atoms with van der Waals surface area (Å²) in [4.78, 5) is 26.1. The molecule has 0 aromatic heterocycles. The van der Waals surface area contributed by atoms with Crippen LogP contribution < -0.4 is 10.2 Å². The molecule has 4 nitrogen and oxygen atoms in total. The molecule has 1 aliphatic rings. The number of hydrogen-bond acceptors (Lipinski definition) is 2. The minimum Gasteiger partial charge on any atom is -0.326 e. The van der Waals surface area contributed by atoms with Crippen LogP contribution in [-0.2, 0) is 16.0 Å². The van der Waals surface area contributed by atoms with Crippen molar-refractivity contribution >= 4 is 23.2 Å². The molecule has 22 heavy (non-hydrogen) atoms. The highest BCUT2D eigenvalue weighted by atomic mass is 16.2. The fraction of sp³-hybridized carbons (Fsp3) is 0.556. The van der Waals surface area contributed by atoms with Crippen LogP contribution in [0.5, 0.6) is 0 Å². The predicted octanol–water partition coefficient (Wildman–Crippen LogP) is 3.75. The van der Waals surface area contributed by atoms with Gasteiger partial charge in [-0.2, -0.15) is 0 Å². The molecule has 1 aromatic rings. The number of anilines is 2. The Hall–Kier alpha value is -1.84. The third-order valence-corrected chi connectivity index (χ3v) is 4.24. The maximum Gasteiger partial charge on any atom is 0.231 e. The van der Waals surface area contributed by atoms with Gasteiger partial charge in [0.25, 0.3) is 0 Å². The van der Waals surface area contributed by atoms with Crippen LogP contribution in [0.15, 0.2) is 18.2 Å². The number of fused-ring (bicyclic) bond motifs is 1. The normalized spacial score (nSPS) is 13.6. The number of amides is 2. The summed E-state index contributed by atoms with van der Waals surface area (Å²) in [5.41, 5.74) is 2.78. The first-order valence-electron chi connectivity index (χ1n) is 8.34. The molecule has 2 amide bonds. The van der Waals surface area contributed by atoms with Crippen molar-refractivity contribution in [3.05, 3.63) is 23.8 Å². The molecule has 1 N–H and O–H groups in total. The fourth-order valence-electron chi connectivity index (χ4n) is 3.16. The maximum atomic E-state index is 12.4. The molecule has 1 heterocycles. The highest BCUT2D eigenvalue weighted by Gasteiger charge is 2.26. The largest absolute Gasteiger partial charge is 0.326 e. The number of nitrogens with one attached hydrogen (secondary N) is 1. The van der Waals surface area contributed by atoms with E-state index in [4.69, 9.17) is 0 Å². The Morgan fingerprint density at radius 3 is 2.50 bits per heavy atom. The third-order valence-electron chi connectivity index (χ3n) is 4.24. The molecule has 0 saturated carbocycles. The van der Waals surface area contributed by atoms with E-state index in [2.05, 4.69) is 19.2 Å². The topological polar surface area (TPSA) is 49.4 Å². The van der Waals surface area contributed by atoms with Crippen molar-refractivity contribution < 1.29 is 9.59 Å². The Kier molecular flexibility index (Phi) is 5.58. The monoisotopic (exact) mass is 302 g/mol. The van der Waals surface area contributed by atoms with E-state index in [-0.39, 0.29) is 17.7 Å². The van der Waals surface area contributed by atoms with Gasteiger partial charge in [0.05, 0.1) is 6.42 Å².